The minimum atomic E-state index is -0.430. The van der Waals surface area contributed by atoms with E-state index in [2.05, 4.69) is 4.98 Å². The molecule has 6 heteroatoms. The molecule has 22 heavy (non-hydrogen) atoms. The van der Waals surface area contributed by atoms with E-state index in [0.29, 0.717) is 22.4 Å². The number of halogens is 2. The molecule has 2 aromatic rings. The predicted molar refractivity (Wildman–Crippen MR) is 85.5 cm³/mol. The van der Waals surface area contributed by atoms with Crippen LogP contribution in [0.2, 0.25) is 10.0 Å². The van der Waals surface area contributed by atoms with Crippen LogP contribution in [0.1, 0.15) is 12.0 Å². The van der Waals surface area contributed by atoms with Gasteiger partial charge in [-0.15, -0.1) is 0 Å². The first-order valence-corrected chi connectivity index (χ1v) is 7.53. The van der Waals surface area contributed by atoms with E-state index in [1.165, 1.54) is 0 Å². The van der Waals surface area contributed by atoms with Crippen LogP contribution in [0, 0.1) is 0 Å². The second kappa shape index (κ2) is 8.61. The summed E-state index contributed by atoms with van der Waals surface area (Å²) >= 11 is 11.7. The summed E-state index contributed by atoms with van der Waals surface area (Å²) in [7, 11) is 0. The molecule has 0 amide bonds. The molecule has 0 aliphatic heterocycles. The van der Waals surface area contributed by atoms with E-state index in [4.69, 9.17) is 32.7 Å². The van der Waals surface area contributed by atoms with Gasteiger partial charge in [0.05, 0.1) is 11.6 Å². The van der Waals surface area contributed by atoms with Gasteiger partial charge in [-0.05, 0) is 48.7 Å². The Balaban J connectivity index is 1.65. The van der Waals surface area contributed by atoms with Gasteiger partial charge in [-0.3, -0.25) is 4.98 Å². The van der Waals surface area contributed by atoms with Gasteiger partial charge >= 0.3 is 5.97 Å². The Labute approximate surface area is 139 Å². The van der Waals surface area contributed by atoms with Crippen molar-refractivity contribution in [3.8, 4) is 5.75 Å². The summed E-state index contributed by atoms with van der Waals surface area (Å²) in [5.41, 5.74) is 1.16. The molecular formula is C16H15Cl2NO3. The zero-order valence-corrected chi connectivity index (χ0v) is 13.3. The molecule has 1 aromatic carbocycles. The first-order chi connectivity index (χ1) is 10.6. The van der Waals surface area contributed by atoms with Crippen molar-refractivity contribution in [1.82, 2.24) is 4.98 Å². The Hall–Kier alpha value is -1.78. The molecule has 1 heterocycles. The molecule has 1 aromatic heterocycles. The Morgan fingerprint density at radius 2 is 1.91 bits per heavy atom. The van der Waals surface area contributed by atoms with Gasteiger partial charge in [0.2, 0.25) is 0 Å². The van der Waals surface area contributed by atoms with Gasteiger partial charge in [0, 0.05) is 17.4 Å². The molecular weight excluding hydrogens is 325 g/mol. The number of nitrogens with zero attached hydrogens (tertiary/aromatic N) is 1. The van der Waals surface area contributed by atoms with Crippen LogP contribution >= 0.6 is 23.2 Å². The number of pyridine rings is 1. The average molecular weight is 340 g/mol. The minimum Gasteiger partial charge on any atom is -0.480 e. The van der Waals surface area contributed by atoms with Crippen LogP contribution < -0.4 is 4.74 Å². The second-order valence-corrected chi connectivity index (χ2v) is 5.39. The molecule has 0 saturated heterocycles. The Morgan fingerprint density at radius 3 is 2.64 bits per heavy atom. The highest BCUT2D eigenvalue weighted by Crippen LogP contribution is 2.27. The third-order valence-corrected chi connectivity index (χ3v) is 3.39. The number of carbonyl (C=O) groups is 1. The first-order valence-electron chi connectivity index (χ1n) is 6.77. The van der Waals surface area contributed by atoms with E-state index in [-0.39, 0.29) is 6.61 Å². The van der Waals surface area contributed by atoms with Crippen molar-refractivity contribution >= 4 is 29.2 Å². The van der Waals surface area contributed by atoms with Crippen molar-refractivity contribution in [1.29, 1.82) is 0 Å². The third kappa shape index (κ3) is 5.54. The monoisotopic (exact) mass is 339 g/mol. The van der Waals surface area contributed by atoms with Crippen LogP contribution in [0.5, 0.6) is 5.75 Å². The molecule has 0 saturated carbocycles. The highest BCUT2D eigenvalue weighted by molar-refractivity contribution is 6.35. The molecule has 0 spiro atoms. The maximum Gasteiger partial charge on any atom is 0.344 e. The topological polar surface area (TPSA) is 48.4 Å². The molecule has 0 aliphatic rings. The highest BCUT2D eigenvalue weighted by Gasteiger charge is 2.07. The van der Waals surface area contributed by atoms with Gasteiger partial charge in [-0.25, -0.2) is 4.79 Å². The Bertz CT molecular complexity index is 620. The van der Waals surface area contributed by atoms with Crippen LogP contribution in [0.4, 0.5) is 0 Å². The molecule has 2 rings (SSSR count). The zero-order chi connectivity index (χ0) is 15.8. The summed E-state index contributed by atoms with van der Waals surface area (Å²) in [6.07, 6.45) is 5.06. The number of hydrogen-bond acceptors (Lipinski definition) is 4. The lowest BCUT2D eigenvalue weighted by Gasteiger charge is -2.08. The largest absolute Gasteiger partial charge is 0.480 e. The van der Waals surface area contributed by atoms with Crippen molar-refractivity contribution in [2.75, 3.05) is 13.2 Å². The molecule has 116 valence electrons. The summed E-state index contributed by atoms with van der Waals surface area (Å²) in [4.78, 5) is 15.5. The summed E-state index contributed by atoms with van der Waals surface area (Å²) < 4.78 is 10.4. The maximum absolute atomic E-state index is 11.6. The van der Waals surface area contributed by atoms with Gasteiger partial charge in [0.1, 0.15) is 5.75 Å². The van der Waals surface area contributed by atoms with Crippen LogP contribution in [-0.4, -0.2) is 24.2 Å². The fraction of sp³-hybridized carbons (Fsp3) is 0.250. The van der Waals surface area contributed by atoms with Crippen molar-refractivity contribution in [3.05, 3.63) is 58.3 Å². The molecule has 0 radical (unpaired) electrons. The normalized spacial score (nSPS) is 10.3. The molecule has 0 fully saturated rings. The standard InChI is InChI=1S/C16H15Cl2NO3/c17-13-3-4-15(14(18)10-13)22-11-16(20)21-9-1-2-12-5-7-19-8-6-12/h3-8,10H,1-2,9,11H2. The van der Waals surface area contributed by atoms with E-state index in [1.54, 1.807) is 30.6 Å². The van der Waals surface area contributed by atoms with Gasteiger partial charge in [0.15, 0.2) is 6.61 Å². The molecule has 0 aliphatic carbocycles. The zero-order valence-electron chi connectivity index (χ0n) is 11.8. The highest BCUT2D eigenvalue weighted by atomic mass is 35.5. The predicted octanol–water partition coefficient (Wildman–Crippen LogP) is 3.94. The number of carbonyl (C=O) groups excluding carboxylic acids is 1. The summed E-state index contributed by atoms with van der Waals surface area (Å²) in [5, 5.41) is 0.869. The third-order valence-electron chi connectivity index (χ3n) is 2.86. The van der Waals surface area contributed by atoms with Gasteiger partial charge in [-0.2, -0.15) is 0 Å². The van der Waals surface area contributed by atoms with E-state index < -0.39 is 5.97 Å². The van der Waals surface area contributed by atoms with Crippen molar-refractivity contribution in [2.45, 2.75) is 12.8 Å². The lowest BCUT2D eigenvalue weighted by Crippen LogP contribution is -2.15. The molecule has 0 unspecified atom stereocenters. The second-order valence-electron chi connectivity index (χ2n) is 4.54. The number of benzene rings is 1. The van der Waals surface area contributed by atoms with Crippen LogP contribution in [0.25, 0.3) is 0 Å². The first kappa shape index (κ1) is 16.6. The number of aromatic nitrogens is 1. The van der Waals surface area contributed by atoms with Crippen LogP contribution in [0.3, 0.4) is 0 Å². The van der Waals surface area contributed by atoms with Gasteiger partial charge in [0.25, 0.3) is 0 Å². The van der Waals surface area contributed by atoms with Crippen LogP contribution in [-0.2, 0) is 16.0 Å². The van der Waals surface area contributed by atoms with E-state index in [1.807, 2.05) is 12.1 Å². The number of ether oxygens (including phenoxy) is 2. The van der Waals surface area contributed by atoms with Gasteiger partial charge in [-0.1, -0.05) is 23.2 Å². The van der Waals surface area contributed by atoms with E-state index in [0.717, 1.165) is 18.4 Å². The van der Waals surface area contributed by atoms with Crippen LogP contribution in [0.15, 0.2) is 42.7 Å². The molecule has 0 bridgehead atoms. The Kier molecular flexibility index (Phi) is 6.49. The SMILES string of the molecule is O=C(COc1ccc(Cl)cc1Cl)OCCCc1ccncc1. The smallest absolute Gasteiger partial charge is 0.344 e. The Morgan fingerprint density at radius 1 is 1.14 bits per heavy atom. The molecule has 4 nitrogen and oxygen atoms in total. The lowest BCUT2D eigenvalue weighted by atomic mass is 10.1. The van der Waals surface area contributed by atoms with Crippen molar-refractivity contribution < 1.29 is 14.3 Å². The number of esters is 1. The number of aryl methyl sites for hydroxylation is 1. The van der Waals surface area contributed by atoms with E-state index in [9.17, 15) is 4.79 Å². The maximum atomic E-state index is 11.6. The lowest BCUT2D eigenvalue weighted by molar-refractivity contribution is -0.146. The average Bonchev–Trinajstić information content (AvgIpc) is 2.52. The fourth-order valence-electron chi connectivity index (χ4n) is 1.78. The number of rotatable bonds is 7. The van der Waals surface area contributed by atoms with Gasteiger partial charge < -0.3 is 9.47 Å². The fourth-order valence-corrected chi connectivity index (χ4v) is 2.25. The summed E-state index contributed by atoms with van der Waals surface area (Å²) in [5.74, 6) is -0.0273. The quantitative estimate of drug-likeness (QED) is 0.566. The molecule has 0 N–H and O–H groups in total. The number of hydrogen-bond donors (Lipinski definition) is 0. The molecule has 0 atom stereocenters. The van der Waals surface area contributed by atoms with Crippen molar-refractivity contribution in [3.63, 3.8) is 0 Å². The minimum absolute atomic E-state index is 0.184. The van der Waals surface area contributed by atoms with Crippen molar-refractivity contribution in [2.24, 2.45) is 0 Å². The summed E-state index contributed by atoms with van der Waals surface area (Å²) in [6.45, 7) is 0.162. The summed E-state index contributed by atoms with van der Waals surface area (Å²) in [6, 6.07) is 8.68. The van der Waals surface area contributed by atoms with E-state index >= 15 is 0 Å².